The predicted octanol–water partition coefficient (Wildman–Crippen LogP) is 5.75. The standard InChI is InChI=1S/C21H23NOS2/c1-16-21(17-5-3-2-4-6-17)23-15-22(16)10-7-20(18-8-11-24-13-18)19-9-12-25-14-19/h2-6,8-9,11-14,16,20-21H,7,10,15H2,1H3. The van der Waals surface area contributed by atoms with Gasteiger partial charge in [-0.2, -0.15) is 22.7 Å². The molecule has 25 heavy (non-hydrogen) atoms. The number of thiophene rings is 2. The van der Waals surface area contributed by atoms with Crippen LogP contribution in [0, 0.1) is 0 Å². The van der Waals surface area contributed by atoms with Gasteiger partial charge in [0.25, 0.3) is 0 Å². The maximum absolute atomic E-state index is 6.11. The average Bonchev–Trinajstić information content (AvgIpc) is 3.39. The van der Waals surface area contributed by atoms with Gasteiger partial charge < -0.3 is 4.74 Å². The molecule has 3 aromatic rings. The maximum Gasteiger partial charge on any atom is 0.100 e. The minimum Gasteiger partial charge on any atom is -0.357 e. The summed E-state index contributed by atoms with van der Waals surface area (Å²) < 4.78 is 6.11. The summed E-state index contributed by atoms with van der Waals surface area (Å²) in [5.41, 5.74) is 4.16. The lowest BCUT2D eigenvalue weighted by molar-refractivity contribution is 0.0884. The summed E-state index contributed by atoms with van der Waals surface area (Å²) in [6.07, 6.45) is 1.31. The van der Waals surface area contributed by atoms with Gasteiger partial charge in [-0.1, -0.05) is 30.3 Å². The van der Waals surface area contributed by atoms with E-state index in [1.54, 1.807) is 22.7 Å². The van der Waals surface area contributed by atoms with Crippen molar-refractivity contribution in [3.63, 3.8) is 0 Å². The van der Waals surface area contributed by atoms with E-state index in [-0.39, 0.29) is 6.10 Å². The van der Waals surface area contributed by atoms with Gasteiger partial charge in [0.2, 0.25) is 0 Å². The number of ether oxygens (including phenoxy) is 1. The Kier molecular flexibility index (Phi) is 5.32. The van der Waals surface area contributed by atoms with E-state index in [0.717, 1.165) is 19.7 Å². The fraction of sp³-hybridized carbons (Fsp3) is 0.333. The molecule has 0 radical (unpaired) electrons. The molecule has 0 saturated carbocycles. The van der Waals surface area contributed by atoms with Crippen LogP contribution in [0.5, 0.6) is 0 Å². The molecule has 0 aliphatic carbocycles. The van der Waals surface area contributed by atoms with Crippen molar-refractivity contribution in [1.82, 2.24) is 4.90 Å². The summed E-state index contributed by atoms with van der Waals surface area (Å²) in [6, 6.07) is 15.5. The molecule has 0 bridgehead atoms. The Bertz CT molecular complexity index is 720. The van der Waals surface area contributed by atoms with E-state index in [1.807, 2.05) is 0 Å². The normalized spacial score (nSPS) is 21.2. The van der Waals surface area contributed by atoms with Crippen molar-refractivity contribution in [2.45, 2.75) is 31.4 Å². The maximum atomic E-state index is 6.11. The zero-order valence-electron chi connectivity index (χ0n) is 14.4. The highest BCUT2D eigenvalue weighted by Crippen LogP contribution is 2.34. The Morgan fingerprint density at radius 2 is 1.72 bits per heavy atom. The summed E-state index contributed by atoms with van der Waals surface area (Å²) in [6.45, 7) is 4.07. The van der Waals surface area contributed by atoms with Gasteiger partial charge in [-0.3, -0.25) is 4.90 Å². The van der Waals surface area contributed by atoms with Crippen LogP contribution in [0.25, 0.3) is 0 Å². The van der Waals surface area contributed by atoms with Crippen LogP contribution in [0.2, 0.25) is 0 Å². The summed E-state index contributed by atoms with van der Waals surface area (Å²) in [5, 5.41) is 8.95. The first-order chi connectivity index (χ1) is 12.3. The summed E-state index contributed by atoms with van der Waals surface area (Å²) in [7, 11) is 0. The van der Waals surface area contributed by atoms with Gasteiger partial charge >= 0.3 is 0 Å². The van der Waals surface area contributed by atoms with E-state index in [2.05, 4.69) is 75.8 Å². The molecule has 2 nitrogen and oxygen atoms in total. The second kappa shape index (κ2) is 7.83. The zero-order valence-corrected chi connectivity index (χ0v) is 16.0. The van der Waals surface area contributed by atoms with Crippen molar-refractivity contribution < 1.29 is 4.74 Å². The summed E-state index contributed by atoms with van der Waals surface area (Å²) >= 11 is 3.57. The van der Waals surface area contributed by atoms with Crippen LogP contribution < -0.4 is 0 Å². The fourth-order valence-electron chi connectivity index (χ4n) is 3.68. The Balaban J connectivity index is 1.43. The molecule has 4 rings (SSSR count). The molecule has 3 heterocycles. The molecule has 1 aromatic carbocycles. The first-order valence-corrected chi connectivity index (χ1v) is 10.7. The molecule has 1 aliphatic rings. The zero-order chi connectivity index (χ0) is 17.1. The van der Waals surface area contributed by atoms with E-state index in [9.17, 15) is 0 Å². The van der Waals surface area contributed by atoms with Crippen molar-refractivity contribution in [3.05, 3.63) is 80.7 Å². The lowest BCUT2D eigenvalue weighted by Crippen LogP contribution is -2.31. The van der Waals surface area contributed by atoms with Gasteiger partial charge in [-0.05, 0) is 63.7 Å². The number of benzene rings is 1. The second-order valence-electron chi connectivity index (χ2n) is 6.63. The Labute approximate surface area is 157 Å². The van der Waals surface area contributed by atoms with Crippen molar-refractivity contribution in [1.29, 1.82) is 0 Å². The first-order valence-electron chi connectivity index (χ1n) is 8.77. The molecule has 2 atom stereocenters. The molecule has 0 spiro atoms. The number of hydrogen-bond donors (Lipinski definition) is 0. The van der Waals surface area contributed by atoms with Crippen molar-refractivity contribution >= 4 is 22.7 Å². The molecule has 1 fully saturated rings. The summed E-state index contributed by atoms with van der Waals surface area (Å²) in [4.78, 5) is 2.48. The summed E-state index contributed by atoms with van der Waals surface area (Å²) in [5.74, 6) is 0.487. The highest BCUT2D eigenvalue weighted by atomic mass is 32.1. The third kappa shape index (κ3) is 3.72. The van der Waals surface area contributed by atoms with Gasteiger partial charge in [0, 0.05) is 18.5 Å². The highest BCUT2D eigenvalue weighted by Gasteiger charge is 2.32. The van der Waals surface area contributed by atoms with Crippen LogP contribution in [0.4, 0.5) is 0 Å². The molecular formula is C21H23NOS2. The lowest BCUT2D eigenvalue weighted by Gasteiger charge is -2.24. The van der Waals surface area contributed by atoms with Crippen LogP contribution in [0.15, 0.2) is 64.0 Å². The Morgan fingerprint density at radius 1 is 1.04 bits per heavy atom. The average molecular weight is 370 g/mol. The predicted molar refractivity (Wildman–Crippen MR) is 106 cm³/mol. The topological polar surface area (TPSA) is 12.5 Å². The molecule has 1 aliphatic heterocycles. The smallest absolute Gasteiger partial charge is 0.100 e. The van der Waals surface area contributed by atoms with E-state index >= 15 is 0 Å². The molecule has 0 amide bonds. The number of hydrogen-bond acceptors (Lipinski definition) is 4. The molecule has 2 unspecified atom stereocenters. The van der Waals surface area contributed by atoms with E-state index in [1.165, 1.54) is 16.7 Å². The van der Waals surface area contributed by atoms with Crippen molar-refractivity contribution in [3.8, 4) is 0 Å². The van der Waals surface area contributed by atoms with Crippen LogP contribution >= 0.6 is 22.7 Å². The number of nitrogens with zero attached hydrogens (tertiary/aromatic N) is 1. The first kappa shape index (κ1) is 17.0. The SMILES string of the molecule is CC1C(c2ccccc2)OCN1CCC(c1ccsc1)c1ccsc1. The lowest BCUT2D eigenvalue weighted by atomic mass is 9.92. The Hall–Kier alpha value is -1.46. The third-order valence-electron chi connectivity index (χ3n) is 5.16. The van der Waals surface area contributed by atoms with Crippen molar-refractivity contribution in [2.75, 3.05) is 13.3 Å². The monoisotopic (exact) mass is 369 g/mol. The molecule has 4 heteroatoms. The third-order valence-corrected chi connectivity index (χ3v) is 6.56. The van der Waals surface area contributed by atoms with Crippen LogP contribution in [-0.2, 0) is 4.74 Å². The molecule has 2 aromatic heterocycles. The Morgan fingerprint density at radius 3 is 2.32 bits per heavy atom. The van der Waals surface area contributed by atoms with Gasteiger partial charge in [0.1, 0.15) is 6.73 Å². The quantitative estimate of drug-likeness (QED) is 0.548. The van der Waals surface area contributed by atoms with Crippen LogP contribution in [-0.4, -0.2) is 24.2 Å². The molecular weight excluding hydrogens is 346 g/mol. The molecule has 130 valence electrons. The largest absolute Gasteiger partial charge is 0.357 e. The van der Waals surface area contributed by atoms with E-state index in [4.69, 9.17) is 4.74 Å². The van der Waals surface area contributed by atoms with E-state index < -0.39 is 0 Å². The fourth-order valence-corrected chi connectivity index (χ4v) is 5.11. The minimum atomic E-state index is 0.182. The second-order valence-corrected chi connectivity index (χ2v) is 8.19. The molecule has 0 N–H and O–H groups in total. The van der Waals surface area contributed by atoms with Crippen LogP contribution in [0.3, 0.4) is 0 Å². The van der Waals surface area contributed by atoms with Crippen LogP contribution in [0.1, 0.15) is 42.1 Å². The van der Waals surface area contributed by atoms with E-state index in [0.29, 0.717) is 12.0 Å². The van der Waals surface area contributed by atoms with Gasteiger partial charge in [0.05, 0.1) is 6.10 Å². The van der Waals surface area contributed by atoms with Gasteiger partial charge in [0.15, 0.2) is 0 Å². The van der Waals surface area contributed by atoms with Crippen molar-refractivity contribution in [2.24, 2.45) is 0 Å². The van der Waals surface area contributed by atoms with Gasteiger partial charge in [-0.25, -0.2) is 0 Å². The molecule has 1 saturated heterocycles. The minimum absolute atomic E-state index is 0.182. The number of rotatable bonds is 6. The highest BCUT2D eigenvalue weighted by molar-refractivity contribution is 7.08. The van der Waals surface area contributed by atoms with Gasteiger partial charge in [-0.15, -0.1) is 0 Å².